The zero-order valence-electron chi connectivity index (χ0n) is 11.3. The SMILES string of the molecule is CN(Cc1cccc(O)c1)S(=O)(=O)c1ccc(N)cc1F. The molecule has 2 rings (SSSR count). The van der Waals surface area contributed by atoms with Crippen LogP contribution in [0.5, 0.6) is 5.75 Å². The summed E-state index contributed by atoms with van der Waals surface area (Å²) in [5.74, 6) is -0.852. The number of halogens is 1. The summed E-state index contributed by atoms with van der Waals surface area (Å²) in [7, 11) is -2.63. The van der Waals surface area contributed by atoms with Gasteiger partial charge < -0.3 is 10.8 Å². The van der Waals surface area contributed by atoms with E-state index in [0.29, 0.717) is 5.56 Å². The van der Waals surface area contributed by atoms with Gasteiger partial charge in [-0.2, -0.15) is 4.31 Å². The van der Waals surface area contributed by atoms with Crippen LogP contribution in [0.15, 0.2) is 47.4 Å². The number of phenols is 1. The number of hydrogen-bond donors (Lipinski definition) is 2. The van der Waals surface area contributed by atoms with Crippen LogP contribution in [-0.4, -0.2) is 24.9 Å². The van der Waals surface area contributed by atoms with Gasteiger partial charge in [0.25, 0.3) is 0 Å². The van der Waals surface area contributed by atoms with Crippen LogP contribution in [0.2, 0.25) is 0 Å². The standard InChI is InChI=1S/C14H15FN2O3S/c1-17(9-10-3-2-4-12(18)7-10)21(19,20)14-6-5-11(16)8-13(14)15/h2-8,18H,9,16H2,1H3. The van der Waals surface area contributed by atoms with Gasteiger partial charge in [-0.3, -0.25) is 0 Å². The van der Waals surface area contributed by atoms with E-state index in [9.17, 15) is 17.9 Å². The minimum Gasteiger partial charge on any atom is -0.508 e. The number of sulfonamides is 1. The fourth-order valence-electron chi connectivity index (χ4n) is 1.89. The summed E-state index contributed by atoms with van der Waals surface area (Å²) >= 11 is 0. The van der Waals surface area contributed by atoms with E-state index in [2.05, 4.69) is 0 Å². The maximum Gasteiger partial charge on any atom is 0.246 e. The number of phenolic OH excluding ortho intramolecular Hbond substituents is 1. The third-order valence-electron chi connectivity index (χ3n) is 2.96. The van der Waals surface area contributed by atoms with Crippen LogP contribution >= 0.6 is 0 Å². The molecule has 0 saturated heterocycles. The molecule has 0 aliphatic heterocycles. The van der Waals surface area contributed by atoms with E-state index in [1.165, 1.54) is 25.2 Å². The first-order valence-electron chi connectivity index (χ1n) is 6.10. The molecule has 112 valence electrons. The molecule has 0 heterocycles. The van der Waals surface area contributed by atoms with E-state index in [4.69, 9.17) is 5.73 Å². The van der Waals surface area contributed by atoms with Crippen LogP contribution in [0.1, 0.15) is 5.56 Å². The fraction of sp³-hybridized carbons (Fsp3) is 0.143. The van der Waals surface area contributed by atoms with Crippen molar-refractivity contribution in [3.05, 3.63) is 53.8 Å². The van der Waals surface area contributed by atoms with Crippen LogP contribution in [0.4, 0.5) is 10.1 Å². The van der Waals surface area contributed by atoms with E-state index in [1.54, 1.807) is 12.1 Å². The van der Waals surface area contributed by atoms with Gasteiger partial charge in [-0.05, 0) is 35.9 Å². The van der Waals surface area contributed by atoms with Crippen molar-refractivity contribution in [1.29, 1.82) is 0 Å². The van der Waals surface area contributed by atoms with Crippen molar-refractivity contribution in [2.75, 3.05) is 12.8 Å². The number of nitrogens with two attached hydrogens (primary N) is 1. The Bertz CT molecular complexity index is 763. The number of hydrogen-bond acceptors (Lipinski definition) is 4. The molecule has 0 fully saturated rings. The molecule has 0 radical (unpaired) electrons. The summed E-state index contributed by atoms with van der Waals surface area (Å²) in [6, 6.07) is 9.65. The Morgan fingerprint density at radius 3 is 2.57 bits per heavy atom. The molecule has 0 aromatic heterocycles. The second-order valence-corrected chi connectivity index (χ2v) is 6.63. The van der Waals surface area contributed by atoms with Gasteiger partial charge in [0.05, 0.1) is 0 Å². The first kappa shape index (κ1) is 15.3. The fourth-order valence-corrected chi connectivity index (χ4v) is 3.09. The number of benzene rings is 2. The van der Waals surface area contributed by atoms with Gasteiger partial charge in [-0.15, -0.1) is 0 Å². The number of nitrogen functional groups attached to an aromatic ring is 1. The van der Waals surface area contributed by atoms with Crippen LogP contribution in [0.3, 0.4) is 0 Å². The third-order valence-corrected chi connectivity index (χ3v) is 4.80. The molecule has 0 bridgehead atoms. The van der Waals surface area contributed by atoms with Crippen molar-refractivity contribution >= 4 is 15.7 Å². The highest BCUT2D eigenvalue weighted by Crippen LogP contribution is 2.22. The molecule has 0 atom stereocenters. The minimum atomic E-state index is -3.98. The molecule has 0 amide bonds. The lowest BCUT2D eigenvalue weighted by Gasteiger charge is -2.18. The molecular weight excluding hydrogens is 295 g/mol. The molecule has 0 saturated carbocycles. The summed E-state index contributed by atoms with van der Waals surface area (Å²) in [6.07, 6.45) is 0. The van der Waals surface area contributed by atoms with E-state index in [-0.39, 0.29) is 18.0 Å². The smallest absolute Gasteiger partial charge is 0.246 e. The van der Waals surface area contributed by atoms with Crippen molar-refractivity contribution in [2.45, 2.75) is 11.4 Å². The van der Waals surface area contributed by atoms with Crippen molar-refractivity contribution in [2.24, 2.45) is 0 Å². The molecule has 0 aliphatic carbocycles. The summed E-state index contributed by atoms with van der Waals surface area (Å²) in [5, 5.41) is 9.38. The molecule has 21 heavy (non-hydrogen) atoms. The summed E-state index contributed by atoms with van der Waals surface area (Å²) in [5.41, 5.74) is 6.16. The van der Waals surface area contributed by atoms with Crippen LogP contribution < -0.4 is 5.73 Å². The Kier molecular flexibility index (Phi) is 4.15. The van der Waals surface area contributed by atoms with Gasteiger partial charge in [-0.1, -0.05) is 12.1 Å². The first-order valence-corrected chi connectivity index (χ1v) is 7.54. The summed E-state index contributed by atoms with van der Waals surface area (Å²) in [4.78, 5) is -0.431. The minimum absolute atomic E-state index is 0.0144. The number of nitrogens with zero attached hydrogens (tertiary/aromatic N) is 1. The zero-order chi connectivity index (χ0) is 15.6. The lowest BCUT2D eigenvalue weighted by molar-refractivity contribution is 0.453. The molecule has 7 heteroatoms. The molecule has 5 nitrogen and oxygen atoms in total. The van der Waals surface area contributed by atoms with Crippen molar-refractivity contribution in [3.8, 4) is 5.75 Å². The number of aromatic hydroxyl groups is 1. The highest BCUT2D eigenvalue weighted by molar-refractivity contribution is 7.89. The molecule has 2 aromatic carbocycles. The van der Waals surface area contributed by atoms with Gasteiger partial charge in [0, 0.05) is 19.3 Å². The first-order chi connectivity index (χ1) is 9.80. The predicted octanol–water partition coefficient (Wildman–Crippen LogP) is 1.93. The Balaban J connectivity index is 2.30. The molecule has 3 N–H and O–H groups in total. The Morgan fingerprint density at radius 1 is 1.24 bits per heavy atom. The Hall–Kier alpha value is -2.12. The monoisotopic (exact) mass is 310 g/mol. The predicted molar refractivity (Wildman–Crippen MR) is 77.6 cm³/mol. The maximum atomic E-state index is 13.8. The van der Waals surface area contributed by atoms with E-state index in [1.807, 2.05) is 0 Å². The average Bonchev–Trinajstić information content (AvgIpc) is 2.38. The van der Waals surface area contributed by atoms with Gasteiger partial charge >= 0.3 is 0 Å². The lowest BCUT2D eigenvalue weighted by atomic mass is 10.2. The van der Waals surface area contributed by atoms with Crippen molar-refractivity contribution in [3.63, 3.8) is 0 Å². The lowest BCUT2D eigenvalue weighted by Crippen LogP contribution is -2.27. The van der Waals surface area contributed by atoms with E-state index in [0.717, 1.165) is 16.4 Å². The normalized spacial score (nSPS) is 11.8. The van der Waals surface area contributed by atoms with Crippen LogP contribution in [0, 0.1) is 5.82 Å². The third kappa shape index (κ3) is 3.32. The average molecular weight is 310 g/mol. The molecular formula is C14H15FN2O3S. The van der Waals surface area contributed by atoms with E-state index >= 15 is 0 Å². The highest BCUT2D eigenvalue weighted by Gasteiger charge is 2.24. The largest absolute Gasteiger partial charge is 0.508 e. The second kappa shape index (κ2) is 5.71. The Labute approximate surface area is 122 Å². The number of rotatable bonds is 4. The second-order valence-electron chi connectivity index (χ2n) is 4.62. The molecule has 0 aliphatic rings. The molecule has 0 unspecified atom stereocenters. The van der Waals surface area contributed by atoms with Gasteiger partial charge in [-0.25, -0.2) is 12.8 Å². The van der Waals surface area contributed by atoms with Crippen molar-refractivity contribution in [1.82, 2.24) is 4.31 Å². The zero-order valence-corrected chi connectivity index (χ0v) is 12.1. The Morgan fingerprint density at radius 2 is 1.95 bits per heavy atom. The summed E-state index contributed by atoms with van der Waals surface area (Å²) < 4.78 is 39.5. The molecule has 0 spiro atoms. The quantitative estimate of drug-likeness (QED) is 0.845. The molecule has 2 aromatic rings. The topological polar surface area (TPSA) is 83.6 Å². The van der Waals surface area contributed by atoms with Crippen molar-refractivity contribution < 1.29 is 17.9 Å². The summed E-state index contributed by atoms with van der Waals surface area (Å²) in [6.45, 7) is 0.0144. The van der Waals surface area contributed by atoms with Gasteiger partial charge in [0.1, 0.15) is 16.5 Å². The highest BCUT2D eigenvalue weighted by atomic mass is 32.2. The number of anilines is 1. The van der Waals surface area contributed by atoms with Crippen LogP contribution in [0.25, 0.3) is 0 Å². The maximum absolute atomic E-state index is 13.8. The van der Waals surface area contributed by atoms with Gasteiger partial charge in [0.15, 0.2) is 0 Å². The van der Waals surface area contributed by atoms with Gasteiger partial charge in [0.2, 0.25) is 10.0 Å². The van der Waals surface area contributed by atoms with E-state index < -0.39 is 20.7 Å². The van der Waals surface area contributed by atoms with Crippen LogP contribution in [-0.2, 0) is 16.6 Å².